The average Bonchev–Trinajstić information content (AvgIpc) is 2.68. The Hall–Kier alpha value is -2.48. The van der Waals surface area contributed by atoms with Crippen molar-refractivity contribution in [2.45, 2.75) is 58.9 Å². The lowest BCUT2D eigenvalue weighted by atomic mass is 10.0. The molecule has 2 rings (SSSR count). The number of benzene rings is 1. The highest BCUT2D eigenvalue weighted by atomic mass is 32.2. The Kier molecular flexibility index (Phi) is 8.56. The molecule has 1 aromatic carbocycles. The van der Waals surface area contributed by atoms with Crippen molar-refractivity contribution in [2.24, 2.45) is 11.8 Å². The molecule has 0 fully saturated rings. The van der Waals surface area contributed by atoms with Crippen LogP contribution in [-0.4, -0.2) is 27.8 Å². The van der Waals surface area contributed by atoms with E-state index in [-0.39, 0.29) is 35.0 Å². The fourth-order valence-electron chi connectivity index (χ4n) is 3.24. The van der Waals surface area contributed by atoms with E-state index in [1.165, 1.54) is 26.8 Å². The van der Waals surface area contributed by atoms with Crippen LogP contribution in [0.1, 0.15) is 53.0 Å². The molecule has 0 spiro atoms. The van der Waals surface area contributed by atoms with Crippen LogP contribution in [0, 0.1) is 11.8 Å². The molecule has 170 valence electrons. The van der Waals surface area contributed by atoms with Gasteiger partial charge in [0.25, 0.3) is 5.56 Å². The Morgan fingerprint density at radius 3 is 2.19 bits per heavy atom. The molecule has 0 aliphatic rings. The van der Waals surface area contributed by atoms with E-state index in [0.29, 0.717) is 19.0 Å². The number of anilines is 2. The summed E-state index contributed by atoms with van der Waals surface area (Å²) < 4.78 is 1.33. The topological polar surface area (TPSA) is 101 Å². The largest absolute Gasteiger partial charge is 0.383 e. The number of carbonyl (C=O) groups excluding carboxylic acids is 1. The number of aromatic amines is 1. The first kappa shape index (κ1) is 24.8. The van der Waals surface area contributed by atoms with Crippen LogP contribution in [0.3, 0.4) is 0 Å². The quantitative estimate of drug-likeness (QED) is 0.572. The number of nitrogen functional groups attached to an aromatic ring is 1. The minimum Gasteiger partial charge on any atom is -0.383 e. The number of nitrogens with one attached hydrogen (secondary N) is 1. The number of thioether (sulfide) groups is 1. The monoisotopic (exact) mass is 446 g/mol. The first-order valence-electron chi connectivity index (χ1n) is 10.7. The Morgan fingerprint density at radius 1 is 1.06 bits per heavy atom. The molecule has 0 radical (unpaired) electrons. The number of nitrogens with two attached hydrogens (primary N) is 1. The van der Waals surface area contributed by atoms with E-state index in [1.807, 2.05) is 39.8 Å². The molecule has 0 atom stereocenters. The molecule has 1 heterocycles. The van der Waals surface area contributed by atoms with Crippen molar-refractivity contribution in [2.75, 3.05) is 22.9 Å². The summed E-state index contributed by atoms with van der Waals surface area (Å²) in [6.45, 7) is 12.8. The standard InChI is InChI=1S/C23H34N4O3S/c1-14(2)11-26(19(28)13-31-18-9-7-17(8-10-18)16(5)6)20-21(24)27(12-15(3)4)23(30)25-22(20)29/h7-10,14-16H,11-13,24H2,1-6H3,(H,25,29,30). The summed E-state index contributed by atoms with van der Waals surface area (Å²) in [4.78, 5) is 42.8. The van der Waals surface area contributed by atoms with Gasteiger partial charge in [-0.1, -0.05) is 53.7 Å². The highest BCUT2D eigenvalue weighted by Crippen LogP contribution is 2.24. The number of rotatable bonds is 9. The van der Waals surface area contributed by atoms with Crippen LogP contribution in [-0.2, 0) is 11.3 Å². The van der Waals surface area contributed by atoms with Crippen LogP contribution >= 0.6 is 11.8 Å². The van der Waals surface area contributed by atoms with Gasteiger partial charge in [-0.15, -0.1) is 11.8 Å². The van der Waals surface area contributed by atoms with Crippen molar-refractivity contribution >= 4 is 29.2 Å². The van der Waals surface area contributed by atoms with Gasteiger partial charge in [-0.25, -0.2) is 4.79 Å². The SMILES string of the molecule is CC(C)CN(C(=O)CSc1ccc(C(C)C)cc1)c1c(N)n(CC(C)C)c(=O)[nH]c1=O. The van der Waals surface area contributed by atoms with Crippen molar-refractivity contribution < 1.29 is 4.79 Å². The van der Waals surface area contributed by atoms with Gasteiger partial charge in [-0.2, -0.15) is 0 Å². The highest BCUT2D eigenvalue weighted by molar-refractivity contribution is 8.00. The van der Waals surface area contributed by atoms with Crippen molar-refractivity contribution in [1.82, 2.24) is 9.55 Å². The third kappa shape index (κ3) is 6.50. The summed E-state index contributed by atoms with van der Waals surface area (Å²) in [5, 5.41) is 0. The maximum Gasteiger partial charge on any atom is 0.330 e. The normalized spacial score (nSPS) is 11.5. The van der Waals surface area contributed by atoms with Crippen LogP contribution in [0.25, 0.3) is 0 Å². The number of nitrogens with zero attached hydrogens (tertiary/aromatic N) is 2. The zero-order chi connectivity index (χ0) is 23.3. The minimum absolute atomic E-state index is 0.0303. The summed E-state index contributed by atoms with van der Waals surface area (Å²) in [5.74, 6) is 0.677. The fourth-order valence-corrected chi connectivity index (χ4v) is 4.01. The Morgan fingerprint density at radius 2 is 1.68 bits per heavy atom. The van der Waals surface area contributed by atoms with Gasteiger partial charge in [-0.3, -0.25) is 19.1 Å². The molecule has 7 nitrogen and oxygen atoms in total. The molecule has 0 unspecified atom stereocenters. The third-order valence-electron chi connectivity index (χ3n) is 4.79. The van der Waals surface area contributed by atoms with Crippen LogP contribution in [0.2, 0.25) is 0 Å². The zero-order valence-corrected chi connectivity index (χ0v) is 20.1. The molecule has 2 aromatic rings. The van der Waals surface area contributed by atoms with Crippen molar-refractivity contribution in [3.63, 3.8) is 0 Å². The number of amides is 1. The molecule has 0 saturated carbocycles. The van der Waals surface area contributed by atoms with Gasteiger partial charge in [0.2, 0.25) is 5.91 Å². The van der Waals surface area contributed by atoms with Crippen LogP contribution in [0.15, 0.2) is 38.8 Å². The molecular formula is C23H34N4O3S. The fraction of sp³-hybridized carbons (Fsp3) is 0.522. The molecule has 0 aliphatic heterocycles. The molecule has 0 saturated heterocycles. The maximum atomic E-state index is 13.2. The van der Waals surface area contributed by atoms with Crippen LogP contribution < -0.4 is 21.9 Å². The van der Waals surface area contributed by atoms with E-state index in [4.69, 9.17) is 5.73 Å². The number of hydrogen-bond acceptors (Lipinski definition) is 5. The van der Waals surface area contributed by atoms with E-state index in [0.717, 1.165) is 4.90 Å². The smallest absolute Gasteiger partial charge is 0.330 e. The predicted octanol–water partition coefficient (Wildman–Crippen LogP) is 3.68. The van der Waals surface area contributed by atoms with E-state index in [2.05, 4.69) is 31.0 Å². The molecule has 1 amide bonds. The lowest BCUT2D eigenvalue weighted by Gasteiger charge is -2.26. The van der Waals surface area contributed by atoms with Gasteiger partial charge in [0, 0.05) is 18.0 Å². The van der Waals surface area contributed by atoms with Gasteiger partial charge < -0.3 is 10.6 Å². The van der Waals surface area contributed by atoms with Crippen LogP contribution in [0.4, 0.5) is 11.5 Å². The Bertz CT molecular complexity index is 1010. The first-order chi connectivity index (χ1) is 14.5. The molecule has 8 heteroatoms. The average molecular weight is 447 g/mol. The van der Waals surface area contributed by atoms with Gasteiger partial charge in [-0.05, 0) is 35.4 Å². The van der Waals surface area contributed by atoms with Gasteiger partial charge >= 0.3 is 5.69 Å². The molecule has 0 bridgehead atoms. The van der Waals surface area contributed by atoms with Gasteiger partial charge in [0.1, 0.15) is 5.82 Å². The number of hydrogen-bond donors (Lipinski definition) is 2. The molecule has 0 aliphatic carbocycles. The van der Waals surface area contributed by atoms with E-state index < -0.39 is 11.2 Å². The van der Waals surface area contributed by atoms with Gasteiger partial charge in [0.05, 0.1) is 5.75 Å². The lowest BCUT2D eigenvalue weighted by molar-refractivity contribution is -0.116. The number of H-pyrrole nitrogens is 1. The van der Waals surface area contributed by atoms with E-state index in [1.54, 1.807) is 0 Å². The summed E-state index contributed by atoms with van der Waals surface area (Å²) in [7, 11) is 0. The number of carbonyl (C=O) groups is 1. The molecule has 3 N–H and O–H groups in total. The summed E-state index contributed by atoms with van der Waals surface area (Å²) in [5.41, 5.74) is 6.34. The third-order valence-corrected chi connectivity index (χ3v) is 5.79. The highest BCUT2D eigenvalue weighted by Gasteiger charge is 2.25. The second kappa shape index (κ2) is 10.7. The lowest BCUT2D eigenvalue weighted by Crippen LogP contribution is -2.43. The maximum absolute atomic E-state index is 13.2. The zero-order valence-electron chi connectivity index (χ0n) is 19.3. The minimum atomic E-state index is -0.636. The second-order valence-corrected chi connectivity index (χ2v) is 9.96. The van der Waals surface area contributed by atoms with Crippen LogP contribution in [0.5, 0.6) is 0 Å². The summed E-state index contributed by atoms with van der Waals surface area (Å²) in [6, 6.07) is 8.13. The van der Waals surface area contributed by atoms with Crippen molar-refractivity contribution in [3.8, 4) is 0 Å². The first-order valence-corrected chi connectivity index (χ1v) is 11.7. The molecular weight excluding hydrogens is 412 g/mol. The van der Waals surface area contributed by atoms with Gasteiger partial charge in [0.15, 0.2) is 5.69 Å². The summed E-state index contributed by atoms with van der Waals surface area (Å²) >= 11 is 1.42. The predicted molar refractivity (Wildman–Crippen MR) is 129 cm³/mol. The van der Waals surface area contributed by atoms with E-state index >= 15 is 0 Å². The van der Waals surface area contributed by atoms with E-state index in [9.17, 15) is 14.4 Å². The Balaban J connectivity index is 2.33. The Labute approximate surface area is 188 Å². The second-order valence-electron chi connectivity index (χ2n) is 8.91. The van der Waals surface area contributed by atoms with Crippen molar-refractivity contribution in [1.29, 1.82) is 0 Å². The molecule has 31 heavy (non-hydrogen) atoms. The number of aromatic nitrogens is 2. The summed E-state index contributed by atoms with van der Waals surface area (Å²) in [6.07, 6.45) is 0. The molecule has 1 aromatic heterocycles. The van der Waals surface area contributed by atoms with Crippen molar-refractivity contribution in [3.05, 3.63) is 50.7 Å².